The lowest BCUT2D eigenvalue weighted by atomic mass is 9.57. The Hall–Kier alpha value is -2.36. The number of nitrogens with zero attached hydrogens (tertiary/aromatic N) is 1. The van der Waals surface area contributed by atoms with E-state index in [4.69, 9.17) is 9.47 Å². The SMILES string of the molecule is CCC1C=CC2=C(CCC(C3=CCCC=C3)=C2c2ccc(N3CCC4(CC3)CC(C(OC)OC)C4)cc2)C1. The van der Waals surface area contributed by atoms with Crippen molar-refractivity contribution in [3.05, 3.63) is 82.5 Å². The summed E-state index contributed by atoms with van der Waals surface area (Å²) in [5, 5.41) is 0. The van der Waals surface area contributed by atoms with E-state index in [-0.39, 0.29) is 6.29 Å². The molecule has 6 rings (SSSR count). The molecule has 2 fully saturated rings. The summed E-state index contributed by atoms with van der Waals surface area (Å²) in [7, 11) is 3.54. The molecule has 0 amide bonds. The number of ether oxygens (including phenoxy) is 2. The molecule has 1 aliphatic heterocycles. The second-order valence-electron chi connectivity index (χ2n) is 12.3. The van der Waals surface area contributed by atoms with E-state index in [1.165, 1.54) is 85.8 Å². The van der Waals surface area contributed by atoms with E-state index in [1.54, 1.807) is 25.4 Å². The van der Waals surface area contributed by atoms with Gasteiger partial charge in [-0.05, 0) is 116 Å². The van der Waals surface area contributed by atoms with Gasteiger partial charge in [0, 0.05) is 38.9 Å². The van der Waals surface area contributed by atoms with Gasteiger partial charge in [0.2, 0.25) is 0 Å². The van der Waals surface area contributed by atoms with Gasteiger partial charge in [0.15, 0.2) is 6.29 Å². The van der Waals surface area contributed by atoms with Crippen LogP contribution in [0.3, 0.4) is 0 Å². The molecule has 1 saturated carbocycles. The van der Waals surface area contributed by atoms with Crippen molar-refractivity contribution in [1.29, 1.82) is 0 Å². The van der Waals surface area contributed by atoms with Gasteiger partial charge in [0.05, 0.1) is 0 Å². The molecule has 1 heterocycles. The average molecular weight is 512 g/mol. The summed E-state index contributed by atoms with van der Waals surface area (Å²) >= 11 is 0. The van der Waals surface area contributed by atoms with Gasteiger partial charge in [-0.1, -0.05) is 55.0 Å². The number of piperidine rings is 1. The molecule has 1 saturated heterocycles. The van der Waals surface area contributed by atoms with E-state index >= 15 is 0 Å². The highest BCUT2D eigenvalue weighted by atomic mass is 16.7. The molecular weight excluding hydrogens is 466 g/mol. The molecule has 5 aliphatic rings. The molecule has 1 atom stereocenters. The van der Waals surface area contributed by atoms with Crippen molar-refractivity contribution >= 4 is 11.3 Å². The number of anilines is 1. The lowest BCUT2D eigenvalue weighted by Gasteiger charge is -2.54. The first kappa shape index (κ1) is 25.9. The van der Waals surface area contributed by atoms with Gasteiger partial charge in [0.25, 0.3) is 0 Å². The van der Waals surface area contributed by atoms with Crippen LogP contribution in [0.5, 0.6) is 0 Å². The van der Waals surface area contributed by atoms with Crippen LogP contribution < -0.4 is 4.90 Å². The molecule has 0 aromatic heterocycles. The molecule has 38 heavy (non-hydrogen) atoms. The van der Waals surface area contributed by atoms with E-state index < -0.39 is 0 Å². The fourth-order valence-corrected chi connectivity index (χ4v) is 7.85. The highest BCUT2D eigenvalue weighted by Crippen LogP contribution is 2.54. The fourth-order valence-electron chi connectivity index (χ4n) is 7.85. The Kier molecular flexibility index (Phi) is 7.51. The van der Waals surface area contributed by atoms with E-state index in [0.29, 0.717) is 17.3 Å². The van der Waals surface area contributed by atoms with Crippen LogP contribution in [-0.2, 0) is 9.47 Å². The number of methoxy groups -OCH3 is 2. The van der Waals surface area contributed by atoms with Crippen molar-refractivity contribution in [3.8, 4) is 0 Å². The largest absolute Gasteiger partial charge is 0.371 e. The number of rotatable bonds is 7. The van der Waals surface area contributed by atoms with Crippen LogP contribution in [0.2, 0.25) is 0 Å². The van der Waals surface area contributed by atoms with Crippen molar-refractivity contribution in [2.75, 3.05) is 32.2 Å². The van der Waals surface area contributed by atoms with Gasteiger partial charge >= 0.3 is 0 Å². The van der Waals surface area contributed by atoms with Crippen LogP contribution >= 0.6 is 0 Å². The van der Waals surface area contributed by atoms with E-state index in [0.717, 1.165) is 19.5 Å². The highest BCUT2D eigenvalue weighted by Gasteiger charge is 2.48. The number of allylic oxidation sites excluding steroid dienone is 10. The summed E-state index contributed by atoms with van der Waals surface area (Å²) in [6.45, 7) is 4.63. The third-order valence-corrected chi connectivity index (χ3v) is 10.1. The summed E-state index contributed by atoms with van der Waals surface area (Å²) in [5.41, 5.74) is 10.9. The molecule has 4 aliphatic carbocycles. The molecule has 1 aromatic carbocycles. The summed E-state index contributed by atoms with van der Waals surface area (Å²) in [6, 6.07) is 9.57. The van der Waals surface area contributed by atoms with Gasteiger partial charge in [-0.3, -0.25) is 0 Å². The second kappa shape index (κ2) is 11.0. The quantitative estimate of drug-likeness (QED) is 0.343. The molecule has 1 aromatic rings. The molecule has 0 radical (unpaired) electrons. The normalized spacial score (nSPS) is 25.2. The third kappa shape index (κ3) is 4.89. The van der Waals surface area contributed by atoms with Crippen molar-refractivity contribution in [1.82, 2.24) is 0 Å². The predicted octanol–water partition coefficient (Wildman–Crippen LogP) is 8.41. The maximum Gasteiger partial charge on any atom is 0.159 e. The number of benzene rings is 1. The second-order valence-corrected chi connectivity index (χ2v) is 12.3. The maximum absolute atomic E-state index is 5.53. The van der Waals surface area contributed by atoms with E-state index in [1.807, 2.05) is 0 Å². The van der Waals surface area contributed by atoms with Crippen LogP contribution in [0.4, 0.5) is 5.69 Å². The smallest absolute Gasteiger partial charge is 0.159 e. The Balaban J connectivity index is 1.20. The zero-order valence-electron chi connectivity index (χ0n) is 23.7. The van der Waals surface area contributed by atoms with Gasteiger partial charge in [-0.2, -0.15) is 0 Å². The average Bonchev–Trinajstić information content (AvgIpc) is 2.97. The topological polar surface area (TPSA) is 21.7 Å². The Morgan fingerprint density at radius 1 is 0.974 bits per heavy atom. The van der Waals surface area contributed by atoms with Gasteiger partial charge < -0.3 is 14.4 Å². The van der Waals surface area contributed by atoms with Crippen LogP contribution in [0.25, 0.3) is 5.57 Å². The molecule has 1 spiro atoms. The Morgan fingerprint density at radius 2 is 1.74 bits per heavy atom. The van der Waals surface area contributed by atoms with Crippen molar-refractivity contribution in [2.45, 2.75) is 77.4 Å². The summed E-state index contributed by atoms with van der Waals surface area (Å²) in [6.07, 6.45) is 24.3. The first-order valence-corrected chi connectivity index (χ1v) is 15.0. The van der Waals surface area contributed by atoms with E-state index in [9.17, 15) is 0 Å². The molecule has 3 heteroatoms. The van der Waals surface area contributed by atoms with Crippen molar-refractivity contribution in [3.63, 3.8) is 0 Å². The van der Waals surface area contributed by atoms with Gasteiger partial charge in [-0.15, -0.1) is 0 Å². The van der Waals surface area contributed by atoms with Crippen LogP contribution in [0, 0.1) is 17.3 Å². The van der Waals surface area contributed by atoms with Gasteiger partial charge in [-0.25, -0.2) is 0 Å². The highest BCUT2D eigenvalue weighted by molar-refractivity contribution is 5.89. The fraction of sp³-hybridized carbons (Fsp3) is 0.543. The first-order valence-electron chi connectivity index (χ1n) is 15.0. The summed E-state index contributed by atoms with van der Waals surface area (Å²) < 4.78 is 11.1. The maximum atomic E-state index is 5.53. The zero-order chi connectivity index (χ0) is 26.1. The van der Waals surface area contributed by atoms with Crippen LogP contribution in [0.15, 0.2) is 76.9 Å². The molecule has 0 bridgehead atoms. The van der Waals surface area contributed by atoms with Crippen LogP contribution in [0.1, 0.15) is 76.7 Å². The Morgan fingerprint density at radius 3 is 2.39 bits per heavy atom. The number of hydrogen-bond donors (Lipinski definition) is 0. The molecule has 1 unspecified atom stereocenters. The monoisotopic (exact) mass is 511 g/mol. The standard InChI is InChI=1S/C35H45NO2/c1-4-25-10-16-32-28(22-25)13-17-31(26-8-6-5-7-9-26)33(32)27-11-14-30(15-12-27)36-20-18-35(19-21-36)23-29(24-35)34(37-2)38-3/h6,8-12,14-16,25,29,34H,4-5,7,13,17-24H2,1-3H3. The molecule has 0 N–H and O–H groups in total. The van der Waals surface area contributed by atoms with E-state index in [2.05, 4.69) is 66.5 Å². The van der Waals surface area contributed by atoms with Crippen molar-refractivity contribution < 1.29 is 9.47 Å². The lowest BCUT2D eigenvalue weighted by Crippen LogP contribution is -2.50. The minimum atomic E-state index is -0.0347. The summed E-state index contributed by atoms with van der Waals surface area (Å²) in [4.78, 5) is 2.60. The molecule has 202 valence electrons. The predicted molar refractivity (Wildman–Crippen MR) is 158 cm³/mol. The molecule has 3 nitrogen and oxygen atoms in total. The Bertz CT molecular complexity index is 1160. The van der Waals surface area contributed by atoms with Crippen molar-refractivity contribution in [2.24, 2.45) is 17.3 Å². The zero-order valence-corrected chi connectivity index (χ0v) is 23.7. The minimum absolute atomic E-state index is 0.0347. The van der Waals surface area contributed by atoms with Gasteiger partial charge in [0.1, 0.15) is 0 Å². The summed E-state index contributed by atoms with van der Waals surface area (Å²) in [5.74, 6) is 1.26. The van der Waals surface area contributed by atoms with Crippen LogP contribution in [-0.4, -0.2) is 33.6 Å². The number of hydrogen-bond acceptors (Lipinski definition) is 3. The minimum Gasteiger partial charge on any atom is -0.371 e. The first-order chi connectivity index (χ1) is 18.6. The molecular formula is C35H45NO2. The third-order valence-electron chi connectivity index (χ3n) is 10.1. The Labute approximate surface area is 230 Å². The lowest BCUT2D eigenvalue weighted by molar-refractivity contribution is -0.184.